The van der Waals surface area contributed by atoms with Crippen LogP contribution >= 0.6 is 15.9 Å². The van der Waals surface area contributed by atoms with Crippen LogP contribution in [0.3, 0.4) is 0 Å². The number of hydrogen-bond donors (Lipinski definition) is 7. The molecule has 0 atom stereocenters. The average molecular weight is 2010 g/mol. The van der Waals surface area contributed by atoms with E-state index >= 15 is 0 Å². The second-order valence-corrected chi connectivity index (χ2v) is 30.9. The predicted molar refractivity (Wildman–Crippen MR) is 660 cm³/mol. The molecule has 778 valence electrons. The number of carbonyl (C=O) groups is 1. The Hall–Kier alpha value is -11.1. The highest BCUT2D eigenvalue weighted by atomic mass is 79.9. The van der Waals surface area contributed by atoms with Gasteiger partial charge in [0.1, 0.15) is 39.7 Å². The largest absolute Gasteiger partial charge is 0.384 e. The molecular formula is C73H326BrN15O10S3. The zero-order chi connectivity index (χ0) is 330. The van der Waals surface area contributed by atoms with Crippen LogP contribution in [0.1, 0.15) is 502 Å². The maximum atomic E-state index is 13.2. The van der Waals surface area contributed by atoms with Gasteiger partial charge in [-0.15, -0.1) is 0 Å². The van der Waals surface area contributed by atoms with Gasteiger partial charge in [-0.3, -0.25) is 10.2 Å². The Bertz CT molecular complexity index is 6150. The van der Waals surface area contributed by atoms with Crippen molar-refractivity contribution in [1.29, 1.82) is 21.2 Å². The Kier molecular flexibility index (Phi) is 3.90. The quantitative estimate of drug-likeness (QED) is 0.0494. The fourth-order valence-electron chi connectivity index (χ4n) is 11.9. The van der Waals surface area contributed by atoms with E-state index in [-0.39, 0.29) is 40.4 Å². The molecule has 13 aromatic rings. The Balaban J connectivity index is -0.0000000141. The summed E-state index contributed by atoms with van der Waals surface area (Å²) in [6.45, 7) is 0. The third kappa shape index (κ3) is 13.8. The molecule has 0 aliphatic heterocycles. The van der Waals surface area contributed by atoms with Gasteiger partial charge < -0.3 is 31.0 Å². The molecule has 0 saturated heterocycles. The lowest BCUT2D eigenvalue weighted by Crippen LogP contribution is -2.37. The molecule has 4 saturated carbocycles. The van der Waals surface area contributed by atoms with E-state index in [4.69, 9.17) is 405 Å². The molecule has 0 radical (unpaired) electrons. The lowest BCUT2D eigenvalue weighted by Gasteiger charge is -2.37. The van der Waals surface area contributed by atoms with Crippen molar-refractivity contribution in [2.24, 2.45) is 5.73 Å². The molecule has 0 unspecified atom stereocenters. The first-order valence-electron chi connectivity index (χ1n) is 161. The number of aliphatic hydroxyl groups is 3. The number of nitrogens with zero attached hydrogens (tertiary/aromatic N) is 11. The van der Waals surface area contributed by atoms with Gasteiger partial charge in [0.15, 0.2) is 16.9 Å². The van der Waals surface area contributed by atoms with Gasteiger partial charge in [-0.05, 0) is 177 Å². The van der Waals surface area contributed by atoms with Crippen LogP contribution < -0.4 is 5.73 Å². The molecule has 17 rings (SSSR count). The minimum Gasteiger partial charge on any atom is -0.384 e. The van der Waals surface area contributed by atoms with Crippen molar-refractivity contribution in [3.05, 3.63) is 239 Å². The monoisotopic (exact) mass is 2010 g/mol. The van der Waals surface area contributed by atoms with E-state index in [1.54, 1.807) is 128 Å². The summed E-state index contributed by atoms with van der Waals surface area (Å²) in [4.78, 5) is 37.4. The third-order valence-corrected chi connectivity index (χ3v) is 24.0. The molecule has 10 heterocycles. The number of nitriles is 3. The van der Waals surface area contributed by atoms with Crippen molar-refractivity contribution >= 4 is 113 Å². The predicted octanol–water partition coefficient (Wildman–Crippen LogP) is 43.7. The zero-order valence-electron chi connectivity index (χ0n) is 312. The number of aromatic nitrogens is 10. The molecule has 4 aliphatic rings. The van der Waals surface area contributed by atoms with Crippen LogP contribution in [0.25, 0.3) is 55.2 Å². The van der Waals surface area contributed by atoms with Crippen LogP contribution in [0.5, 0.6) is 0 Å². The number of fused-ring (bicyclic) bond motifs is 5. The van der Waals surface area contributed by atoms with Gasteiger partial charge in [-0.1, -0.05) is 54.6 Å². The number of amidine groups is 1. The van der Waals surface area contributed by atoms with Crippen LogP contribution in [-0.4, -0.2) is 99.0 Å². The molecule has 102 heavy (non-hydrogen) atoms. The van der Waals surface area contributed by atoms with Gasteiger partial charge >= 0.3 is 0 Å². The molecule has 25 nitrogen and oxygen atoms in total. The van der Waals surface area contributed by atoms with Crippen molar-refractivity contribution in [2.75, 3.05) is 0 Å². The molecule has 0 bridgehead atoms. The number of aromatic amines is 2. The van der Waals surface area contributed by atoms with Gasteiger partial charge in [0, 0.05) is 491 Å². The van der Waals surface area contributed by atoms with Crippen molar-refractivity contribution in [1.82, 2.24) is 46.8 Å². The smallest absolute Gasteiger partial charge is 0.269 e. The Morgan fingerprint density at radius 3 is 1.33 bits per heavy atom. The Morgan fingerprint density at radius 1 is 0.500 bits per heavy atom. The highest BCUT2D eigenvalue weighted by Crippen LogP contribution is 2.45. The summed E-state index contributed by atoms with van der Waals surface area (Å²) in [5.74, 6) is 0.452. The van der Waals surface area contributed by atoms with Crippen molar-refractivity contribution in [3.63, 3.8) is 0 Å². The Morgan fingerprint density at radius 2 is 0.892 bits per heavy atom. The first kappa shape index (κ1) is 13.8. The summed E-state index contributed by atoms with van der Waals surface area (Å²) in [5, 5.41) is 69.5. The summed E-state index contributed by atoms with van der Waals surface area (Å²) in [7, 11) is -11.3. The number of nitrogen functional groups attached to an aromatic ring is 1. The lowest BCUT2D eigenvalue weighted by molar-refractivity contribution is -0.123. The maximum Gasteiger partial charge on any atom is 0.269 e. The number of H-pyrrole nitrogens is 2. The third-order valence-electron chi connectivity index (χ3n) is 18.2. The number of halogens is 1. The average Bonchev–Trinajstić information content (AvgIpc) is 1.56. The van der Waals surface area contributed by atoms with Crippen LogP contribution in [0.4, 0.5) is 0 Å². The summed E-state index contributed by atoms with van der Waals surface area (Å²) < 4.78 is 1370. The lowest BCUT2D eigenvalue weighted by atomic mass is 9.78. The van der Waals surface area contributed by atoms with Crippen molar-refractivity contribution in [2.45, 2.75) is 109 Å². The number of pyridine rings is 5. The highest BCUT2D eigenvalue weighted by Gasteiger charge is 2.43. The molecule has 0 spiro atoms. The number of Topliss-reactive ketones (excluding diaryl/α,β-unsaturated/α-hetero) is 1. The fraction of sp³-hybridized carbons (Fsp3) is 0.205. The second kappa shape index (κ2) is 28.9. The fourth-order valence-corrected chi connectivity index (χ4v) is 16.5. The van der Waals surface area contributed by atoms with Gasteiger partial charge in [0.05, 0.1) is 55.3 Å². The Labute approximate surface area is 994 Å². The molecule has 3 aromatic carbocycles. The molecule has 10 aromatic heterocycles. The highest BCUT2D eigenvalue weighted by molar-refractivity contribution is 9.10. The zero-order valence-corrected chi connectivity index (χ0v) is 58.3. The normalized spacial score (nSPS) is 25.4. The summed E-state index contributed by atoms with van der Waals surface area (Å²) >= 11 is 3.39. The topological polar surface area (TPSA) is 412 Å². The number of nitrogens with one attached hydrogen (secondary N) is 3. The van der Waals surface area contributed by atoms with Gasteiger partial charge in [0.2, 0.25) is 0 Å². The van der Waals surface area contributed by atoms with Gasteiger partial charge in [-0.25, -0.2) is 62.1 Å². The number of ketones is 1. The molecular weight excluding hydrogens is 1420 g/mol. The van der Waals surface area contributed by atoms with E-state index in [1.165, 1.54) is 59.1 Å². The minimum atomic E-state index is -3.95. The molecule has 4 fully saturated rings. The molecule has 4 aliphatic carbocycles. The van der Waals surface area contributed by atoms with Crippen LogP contribution in [-0.2, 0) is 51.7 Å². The molecule has 8 N–H and O–H groups in total. The number of nitrogens with two attached hydrogens (primary N) is 1. The first-order chi connectivity index (χ1) is 178. The summed E-state index contributed by atoms with van der Waals surface area (Å²) in [6.07, 6.45) is 20.4. The van der Waals surface area contributed by atoms with Gasteiger partial charge in [0.25, 0.3) is 30.1 Å². The summed E-state index contributed by atoms with van der Waals surface area (Å²) in [6, 6.07) is 47.5. The first-order valence-corrected chi connectivity index (χ1v) is 37.3. The number of carbonyl (C=O) groups excluding carboxylic acids is 1. The van der Waals surface area contributed by atoms with Crippen LogP contribution in [0.15, 0.2) is 214 Å². The van der Waals surface area contributed by atoms with Crippen molar-refractivity contribution < 1.29 is 431 Å². The van der Waals surface area contributed by atoms with Crippen LogP contribution in [0, 0.1) is 39.4 Å². The van der Waals surface area contributed by atoms with E-state index in [0.717, 1.165) is 104 Å². The van der Waals surface area contributed by atoms with Crippen LogP contribution in [0.2, 0.25) is 0 Å². The van der Waals surface area contributed by atoms with E-state index in [1.807, 2.05) is 18.2 Å². The van der Waals surface area contributed by atoms with E-state index in [2.05, 4.69) is 63.0 Å². The number of rotatable bonds is 10. The standard InChI is InChI=1S/C18H15N3O3S.C14H9N3O2S.C13H9BrN2O2S.C12H14N4O.C12H11N3O.C4H6O.131H2/c19-12-13-7-10-20-17-15(13)11-16(18(22)8-4-9-18)21(17)25(23,24)14-5-2-1-3-6-14;15-10-11-6-8-16-14-13(11)7-9-17(14)20(18,19)12-4-2-1-3-5-12;14-12-6-8-15-13-11(12)7-9-16(13)19(17,18)10-4-2-1-3-5-10;13-10(14)7-2-5-15-11-8(7)6-9(16-11)12(17)3-1-4-12;13-7-8-2-5-14-11-9(8)6-10(15-11)12(16)3-1-4-12;5-4-2-1-3-4;;;;;;;;;;;;;;;;;;;;;;;;;;;;;;;;;;;;;;;;;;;;;;;;;;;;;;;;;;;;;;;;;;;;;;;;;;;;;;;;;;;;;;;;;;;;;;;;;;;;;;;;;;;;;;;;;;;;;;;;;;;;;;;;;;;/h1-3,5-7,10-11,22H,4,8-9H2;1-9H;1-9H;2,5-6,17H,1,3-4H2,(H3,13,14)(H,15,16);2,5-6,16H,1,3-4H2,(H,14,15);1-3H2;131*1H/i;;;;;;129*1+1D;2*1+1. The molecule has 0 amide bonds. The van der Waals surface area contributed by atoms with E-state index in [9.17, 15) is 50.6 Å². The minimum absolute atomic E-state index is 0. The summed E-state index contributed by atoms with van der Waals surface area (Å²) in [5.41, 5.74) is 8.83. The number of benzene rings is 3. The van der Waals surface area contributed by atoms with E-state index in [0.29, 0.717) is 68.6 Å². The second-order valence-electron chi connectivity index (χ2n) is 24.6. The number of hydrogen-bond acceptors (Lipinski definition) is 19. The SMILES string of the molecule is N#Cc1ccnc2[nH]c(C3(O)CCC3)cc12.N#Cc1ccnc2c1cc(C1(O)CCC1)n2S(=O)(=O)c1ccccc1.N#Cc1ccnc2c1ccn2S(=O)(=O)c1ccccc1.N=C(N)c1ccnc2[nH]c(C3(O)CCC3)cc12.O=C1CCC1.O=S(=O)(c1ccccc1)n1ccc2c(Br)ccnc21.[2HH].[2HH].[2H][2H].[2H][2H].[2H][2H].[2H][2H].[2H][2H].[2H][2H].[2H][2H].[2H][2H].[2H][2H].[2H][2H].[2H][2H].[2H][2H].[2H][2H].[2H][2H].[2H][2H].[2H][2H].[2H][2H].[2H][2H].[2H][2H].[2H][2H].[2H][2H].[2H][2H].[2H][2H].[2H][2H].[2H][2H].[2H][2H].[2H][2H].[2H][2H].[2H][2H].[2H][2H].[2H][2H].[2H][2H].[2H][2H].[2H][2H].[2H][2H].[2H][2H].[2H][2H].[2H][2H].[2H][2H].[2H][2H].[2H][2H].[2H][2H].[2H][2H].[2H][2H].[2H][2H].[2H][2H].[2H][2H].[2H][2H].[2H][2H].[2H][2H].[2H][2H].[2H][2H].[2H][2H].[2H][2H].[2H][2H].[2H][2H].[2H][2H].[2H][2H].[2H][2H].[2H][2H].[2H][2H].[2H][2H].[2H][2H].[2H][2H].[2H][2H].[2H][2H].[2H][2H].[2H][2H].[2H][2H].[2H][2H].[2H][2H].[2H][2H].[2H][2H].[2H][2H].[2H][2H].[2H][2H].[2H][2H].[2H][2H].[2H][2H].[2H][2H].[2H][2H].[2H][2H].[2H][2H].[2H][2H].[2H][2H].[2H][2H].[2H][2H].[2H][2H].[2H][2H].[2H][2H].[2H][2H].[2H][2H].[2H][2H].[2H][2H].[2H][2H].[2H][2H].[2H][2H].[2H][2H].[2H][2H].[2H][2H].[2H][2H].[2H][2H].[2H][2H].[2H][2H].[2H][2H].[2H][2H].[2H][2H].[2H][2H].[2H][2H].[2H][2H].[2H][2H].[2H][2H].[2H][2H].[2H][2H].[2H][2H].[2H][2H].[2H][2H].[2H][2H].[2H][2H].[2H][2H].[2H][2H].[2H][2H].[2H][2H].[2H][2H].[2H][2H].[2H][2H].[2H][2H].[2H][2H].[2H][2H]. The van der Waals surface area contributed by atoms with Crippen molar-refractivity contribution in [3.8, 4) is 18.2 Å². The maximum absolute atomic E-state index is 13.2. The van der Waals surface area contributed by atoms with E-state index < -0.39 is 46.9 Å². The van der Waals surface area contributed by atoms with Gasteiger partial charge in [-0.2, -0.15) is 15.8 Å². The molecule has 29 heteroatoms.